The van der Waals surface area contributed by atoms with Gasteiger partial charge in [-0.05, 0) is 12.1 Å². The molecule has 0 saturated carbocycles. The van der Waals surface area contributed by atoms with Gasteiger partial charge in [-0.1, -0.05) is 0 Å². The van der Waals surface area contributed by atoms with Crippen LogP contribution in [0.2, 0.25) is 0 Å². The first-order chi connectivity index (χ1) is 9.97. The van der Waals surface area contributed by atoms with E-state index in [0.717, 1.165) is 4.31 Å². The van der Waals surface area contributed by atoms with Crippen LogP contribution in [0, 0.1) is 5.82 Å². The van der Waals surface area contributed by atoms with E-state index in [1.165, 1.54) is 23.1 Å². The maximum absolute atomic E-state index is 14.6. The van der Waals surface area contributed by atoms with E-state index in [1.54, 1.807) is 7.05 Å². The molecule has 2 heterocycles. The number of halogens is 1. The molecule has 0 radical (unpaired) electrons. The van der Waals surface area contributed by atoms with E-state index in [-0.39, 0.29) is 23.5 Å². The summed E-state index contributed by atoms with van der Waals surface area (Å²) in [5, 5.41) is 17.7. The molecule has 110 valence electrons. The number of nitrogens with zero attached hydrogens (tertiary/aromatic N) is 4. The van der Waals surface area contributed by atoms with Crippen molar-refractivity contribution >= 4 is 22.8 Å². The Morgan fingerprint density at radius 1 is 1.48 bits per heavy atom. The van der Waals surface area contributed by atoms with Gasteiger partial charge < -0.3 is 5.11 Å². The lowest BCUT2D eigenvalue weighted by Gasteiger charge is -2.17. The molecule has 1 amide bonds. The largest absolute Gasteiger partial charge is 0.506 e. The van der Waals surface area contributed by atoms with Crippen LogP contribution in [0.15, 0.2) is 18.3 Å². The number of carbonyl (C=O) groups excluding carboxylic acids is 1. The van der Waals surface area contributed by atoms with Crippen molar-refractivity contribution in [2.45, 2.75) is 0 Å². The molecule has 1 aromatic carbocycles. The summed E-state index contributed by atoms with van der Waals surface area (Å²) in [6.45, 7) is -0.305. The first-order valence-corrected chi connectivity index (χ1v) is 6.95. The van der Waals surface area contributed by atoms with Crippen molar-refractivity contribution in [1.82, 2.24) is 19.7 Å². The minimum Gasteiger partial charge on any atom is -0.506 e. The number of carbonyl (C=O) groups is 1. The van der Waals surface area contributed by atoms with Crippen molar-refractivity contribution in [1.29, 1.82) is 0 Å². The second kappa shape index (κ2) is 4.81. The van der Waals surface area contributed by atoms with E-state index >= 15 is 0 Å². The highest BCUT2D eigenvalue weighted by atomic mass is 32.2. The molecule has 0 bridgehead atoms. The van der Waals surface area contributed by atoms with Gasteiger partial charge in [-0.15, -0.1) is 0 Å². The number of rotatable bonds is 2. The maximum atomic E-state index is 14.6. The van der Waals surface area contributed by atoms with E-state index < -0.39 is 28.6 Å². The zero-order valence-corrected chi connectivity index (χ0v) is 11.6. The number of nitrogens with one attached hydrogen (secondary N) is 1. The number of aryl methyl sites for hydroxylation is 1. The third-order valence-corrected chi connectivity index (χ3v) is 4.02. The summed E-state index contributed by atoms with van der Waals surface area (Å²) in [6, 6.07) is 2.59. The normalized spacial score (nSPS) is 18.1. The van der Waals surface area contributed by atoms with Crippen LogP contribution in [0.1, 0.15) is 0 Å². The molecule has 1 unspecified atom stereocenters. The molecule has 1 aliphatic rings. The van der Waals surface area contributed by atoms with Crippen LogP contribution in [0.3, 0.4) is 0 Å². The molecule has 10 heteroatoms. The molecule has 1 aromatic heterocycles. The molecule has 1 aliphatic heterocycles. The molecule has 3 rings (SSSR count). The zero-order valence-electron chi connectivity index (χ0n) is 10.8. The highest BCUT2D eigenvalue weighted by Crippen LogP contribution is 2.37. The van der Waals surface area contributed by atoms with Crippen molar-refractivity contribution in [3.63, 3.8) is 0 Å². The fourth-order valence-electron chi connectivity index (χ4n) is 1.99. The van der Waals surface area contributed by atoms with Crippen LogP contribution in [-0.4, -0.2) is 36.8 Å². The van der Waals surface area contributed by atoms with Gasteiger partial charge in [0.2, 0.25) is 11.2 Å². The lowest BCUT2D eigenvalue weighted by atomic mass is 10.1. The second-order valence-corrected chi connectivity index (χ2v) is 5.47. The summed E-state index contributed by atoms with van der Waals surface area (Å²) >= 11 is -1.93. The standard InChI is InChI=1S/C11H10FN5O3S/c1-16-13-4-7(14-16)6-2-3-8(18)11(10(6)12)17-5-9(19)15-21(17)20/h2-4,18H,5H2,1H3,(H,15,19). The predicted molar refractivity (Wildman–Crippen MR) is 71.7 cm³/mol. The van der Waals surface area contributed by atoms with Crippen molar-refractivity contribution in [3.05, 3.63) is 24.1 Å². The first-order valence-electron chi connectivity index (χ1n) is 5.84. The first kappa shape index (κ1) is 13.5. The number of hydrogen-bond donors (Lipinski definition) is 2. The van der Waals surface area contributed by atoms with E-state index in [1.807, 2.05) is 0 Å². The lowest BCUT2D eigenvalue weighted by molar-refractivity contribution is -0.117. The Hall–Kier alpha value is -2.49. The van der Waals surface area contributed by atoms with Gasteiger partial charge >= 0.3 is 0 Å². The Labute approximate surface area is 120 Å². The summed E-state index contributed by atoms with van der Waals surface area (Å²) < 4.78 is 29.4. The Kier molecular flexibility index (Phi) is 3.09. The second-order valence-electron chi connectivity index (χ2n) is 4.33. The molecule has 2 aromatic rings. The molecular formula is C11H10FN5O3S. The molecule has 1 fully saturated rings. The summed E-state index contributed by atoms with van der Waals surface area (Å²) in [6.07, 6.45) is 1.36. The smallest absolute Gasteiger partial charge is 0.253 e. The number of hydrogen-bond acceptors (Lipinski definition) is 5. The fraction of sp³-hybridized carbons (Fsp3) is 0.182. The van der Waals surface area contributed by atoms with Crippen molar-refractivity contribution in [3.8, 4) is 17.0 Å². The highest BCUT2D eigenvalue weighted by Gasteiger charge is 2.32. The number of amides is 1. The third kappa shape index (κ3) is 2.23. The maximum Gasteiger partial charge on any atom is 0.253 e. The topological polar surface area (TPSA) is 100 Å². The lowest BCUT2D eigenvalue weighted by Crippen LogP contribution is -2.23. The summed E-state index contributed by atoms with van der Waals surface area (Å²) in [5.74, 6) is -1.75. The number of phenolic OH excluding ortho intramolecular Hbond substituents is 1. The Balaban J connectivity index is 2.13. The van der Waals surface area contributed by atoms with Gasteiger partial charge in [0.05, 0.1) is 6.20 Å². The van der Waals surface area contributed by atoms with Crippen LogP contribution < -0.4 is 9.03 Å². The number of phenols is 1. The molecule has 0 aliphatic carbocycles. The van der Waals surface area contributed by atoms with E-state index in [0.29, 0.717) is 0 Å². The molecule has 2 N–H and O–H groups in total. The third-order valence-electron chi connectivity index (χ3n) is 2.91. The number of benzene rings is 1. The quantitative estimate of drug-likeness (QED) is 0.803. The van der Waals surface area contributed by atoms with Gasteiger partial charge in [0, 0.05) is 12.6 Å². The van der Waals surface area contributed by atoms with Gasteiger partial charge in [0.25, 0.3) is 5.91 Å². The highest BCUT2D eigenvalue weighted by molar-refractivity contribution is 7.85. The van der Waals surface area contributed by atoms with Crippen molar-refractivity contribution < 1.29 is 18.5 Å². The summed E-state index contributed by atoms with van der Waals surface area (Å²) in [7, 11) is 1.58. The summed E-state index contributed by atoms with van der Waals surface area (Å²) in [5.41, 5.74) is 0.0441. The molecule has 21 heavy (non-hydrogen) atoms. The monoisotopic (exact) mass is 311 g/mol. The Morgan fingerprint density at radius 3 is 2.81 bits per heavy atom. The van der Waals surface area contributed by atoms with E-state index in [2.05, 4.69) is 14.9 Å². The molecule has 1 atom stereocenters. The van der Waals surface area contributed by atoms with Crippen LogP contribution in [0.5, 0.6) is 5.75 Å². The fourth-order valence-corrected chi connectivity index (χ4v) is 2.94. The average Bonchev–Trinajstić information content (AvgIpc) is 2.96. The average molecular weight is 311 g/mol. The number of aromatic nitrogens is 3. The van der Waals surface area contributed by atoms with Crippen LogP contribution in [0.4, 0.5) is 10.1 Å². The van der Waals surface area contributed by atoms with Crippen molar-refractivity contribution in [2.75, 3.05) is 10.8 Å². The Bertz CT molecular complexity index is 762. The van der Waals surface area contributed by atoms with Crippen LogP contribution >= 0.6 is 0 Å². The molecular weight excluding hydrogens is 301 g/mol. The van der Waals surface area contributed by atoms with Gasteiger partial charge in [0.1, 0.15) is 23.7 Å². The van der Waals surface area contributed by atoms with E-state index in [4.69, 9.17) is 0 Å². The van der Waals surface area contributed by atoms with Gasteiger partial charge in [-0.25, -0.2) is 8.60 Å². The minimum absolute atomic E-state index is 0.0900. The van der Waals surface area contributed by atoms with Gasteiger partial charge in [-0.3, -0.25) is 13.8 Å². The zero-order chi connectivity index (χ0) is 15.1. The summed E-state index contributed by atoms with van der Waals surface area (Å²) in [4.78, 5) is 12.5. The van der Waals surface area contributed by atoms with Crippen LogP contribution in [-0.2, 0) is 23.0 Å². The van der Waals surface area contributed by atoms with Crippen LogP contribution in [0.25, 0.3) is 11.3 Å². The number of aromatic hydroxyl groups is 1. The molecule has 0 spiro atoms. The molecule has 1 saturated heterocycles. The van der Waals surface area contributed by atoms with Gasteiger partial charge in [-0.2, -0.15) is 15.0 Å². The molecule has 8 nitrogen and oxygen atoms in total. The van der Waals surface area contributed by atoms with Gasteiger partial charge in [0.15, 0.2) is 5.82 Å². The van der Waals surface area contributed by atoms with Crippen molar-refractivity contribution in [2.24, 2.45) is 7.05 Å². The van der Waals surface area contributed by atoms with E-state index in [9.17, 15) is 18.5 Å². The predicted octanol–water partition coefficient (Wildman–Crippen LogP) is -0.158. The SMILES string of the molecule is Cn1ncc(-c2ccc(O)c(N3CC(=O)NS3=O)c2F)n1. The Morgan fingerprint density at radius 2 is 2.24 bits per heavy atom. The minimum atomic E-state index is -1.93. The number of anilines is 1.